The first kappa shape index (κ1) is 60.2. The number of amides is 1. The van der Waals surface area contributed by atoms with E-state index in [2.05, 4.69) is 31.3 Å². The van der Waals surface area contributed by atoms with Gasteiger partial charge in [0.15, 0.2) is 0 Å². The molecule has 0 radical (unpaired) electrons. The molecule has 0 aromatic carbocycles. The number of quaternary nitrogens is 1. The van der Waals surface area contributed by atoms with E-state index in [9.17, 15) is 19.4 Å². The van der Waals surface area contributed by atoms with Gasteiger partial charge in [-0.1, -0.05) is 231 Å². The fraction of sp³-hybridized carbons (Fsp3) is 0.942. The van der Waals surface area contributed by atoms with Crippen molar-refractivity contribution in [3.05, 3.63) is 12.2 Å². The molecule has 0 aliphatic carbocycles. The Morgan fingerprint density at radius 3 is 1.26 bits per heavy atom. The topological polar surface area (TPSA) is 105 Å². The second-order valence-electron chi connectivity index (χ2n) is 19.6. The van der Waals surface area contributed by atoms with Gasteiger partial charge in [0.2, 0.25) is 5.91 Å². The van der Waals surface area contributed by atoms with Gasteiger partial charge in [0, 0.05) is 6.42 Å². The maximum absolute atomic E-state index is 12.9. The highest BCUT2D eigenvalue weighted by Gasteiger charge is 2.28. The molecule has 0 aliphatic rings. The van der Waals surface area contributed by atoms with E-state index < -0.39 is 20.0 Å². The van der Waals surface area contributed by atoms with Crippen LogP contribution in [0.2, 0.25) is 0 Å². The molecule has 0 heterocycles. The lowest BCUT2D eigenvalue weighted by Crippen LogP contribution is -2.46. The van der Waals surface area contributed by atoms with Gasteiger partial charge in [0.1, 0.15) is 13.2 Å². The number of carbonyl (C=O) groups excluding carboxylic acids is 1. The molecule has 0 bridgehead atoms. The van der Waals surface area contributed by atoms with Crippen molar-refractivity contribution in [2.75, 3.05) is 40.9 Å². The summed E-state index contributed by atoms with van der Waals surface area (Å²) in [5, 5.41) is 13.9. The van der Waals surface area contributed by atoms with Crippen molar-refractivity contribution in [2.24, 2.45) is 0 Å². The van der Waals surface area contributed by atoms with Crippen LogP contribution in [-0.2, 0) is 18.4 Å². The molecule has 8 nitrogen and oxygen atoms in total. The van der Waals surface area contributed by atoms with Crippen LogP contribution in [0, 0.1) is 0 Å². The van der Waals surface area contributed by atoms with E-state index in [1.165, 1.54) is 199 Å². The summed E-state index contributed by atoms with van der Waals surface area (Å²) >= 11 is 0. The highest BCUT2D eigenvalue weighted by molar-refractivity contribution is 7.47. The van der Waals surface area contributed by atoms with Gasteiger partial charge in [-0.25, -0.2) is 4.57 Å². The first-order chi connectivity index (χ1) is 29.5. The van der Waals surface area contributed by atoms with Crippen LogP contribution in [0.1, 0.15) is 264 Å². The predicted octanol–water partition coefficient (Wildman–Crippen LogP) is 15.5. The summed E-state index contributed by atoms with van der Waals surface area (Å²) in [6.45, 7) is 4.87. The number of aliphatic hydroxyl groups excluding tert-OH is 1. The third kappa shape index (κ3) is 47.0. The number of phosphoric ester groups is 1. The molecule has 0 aromatic rings. The molecular weight excluding hydrogens is 780 g/mol. The molecule has 0 aromatic heterocycles. The Hall–Kier alpha value is -0.760. The standard InChI is InChI=1S/C52H105N2O6P/c1-6-8-10-12-14-16-17-18-19-20-21-22-23-24-25-26-27-28-29-30-31-32-33-34-35-36-37-38-40-42-44-46-52(56)53-50(49-60-61(57,58)59-48-47-54(3,4)5)51(55)45-43-41-39-15-13-11-9-7-2/h20-21,50-51,55H,6-19,22-49H2,1-5H3,(H-,53,56,57,58)/p+1/b21-20-. The second kappa shape index (κ2) is 44.4. The first-order valence-corrected chi connectivity index (χ1v) is 28.0. The lowest BCUT2D eigenvalue weighted by molar-refractivity contribution is -0.870. The summed E-state index contributed by atoms with van der Waals surface area (Å²) in [7, 11) is 1.62. The number of hydrogen-bond donors (Lipinski definition) is 3. The number of hydrogen-bond acceptors (Lipinski definition) is 5. The minimum Gasteiger partial charge on any atom is -0.391 e. The van der Waals surface area contributed by atoms with Crippen molar-refractivity contribution in [1.82, 2.24) is 5.32 Å². The maximum Gasteiger partial charge on any atom is 0.472 e. The molecule has 364 valence electrons. The lowest BCUT2D eigenvalue weighted by atomic mass is 10.0. The minimum absolute atomic E-state index is 0.0771. The van der Waals surface area contributed by atoms with Gasteiger partial charge in [-0.15, -0.1) is 0 Å². The zero-order valence-electron chi connectivity index (χ0n) is 41.4. The maximum atomic E-state index is 12.9. The molecule has 3 N–H and O–H groups in total. The monoisotopic (exact) mass is 886 g/mol. The number of carbonyl (C=O) groups is 1. The molecule has 0 rings (SSSR count). The van der Waals surface area contributed by atoms with E-state index in [1.54, 1.807) is 0 Å². The van der Waals surface area contributed by atoms with E-state index in [4.69, 9.17) is 9.05 Å². The normalized spacial score (nSPS) is 14.1. The average molecular weight is 886 g/mol. The Morgan fingerprint density at radius 1 is 0.541 bits per heavy atom. The summed E-state index contributed by atoms with van der Waals surface area (Å²) in [6, 6.07) is -0.753. The summed E-state index contributed by atoms with van der Waals surface area (Å²) < 4.78 is 23.6. The van der Waals surface area contributed by atoms with Crippen LogP contribution in [-0.4, -0.2) is 73.4 Å². The number of likely N-dealkylation sites (N-methyl/N-ethyl adjacent to an activating group) is 1. The van der Waals surface area contributed by atoms with Crippen LogP contribution in [0.5, 0.6) is 0 Å². The van der Waals surface area contributed by atoms with Crippen LogP contribution < -0.4 is 5.32 Å². The van der Waals surface area contributed by atoms with Gasteiger partial charge < -0.3 is 19.8 Å². The number of allylic oxidation sites excluding steroid dienone is 2. The Labute approximate surface area is 380 Å². The number of aliphatic hydroxyl groups is 1. The first-order valence-electron chi connectivity index (χ1n) is 26.6. The molecule has 0 fully saturated rings. The molecule has 0 saturated carbocycles. The lowest BCUT2D eigenvalue weighted by Gasteiger charge is -2.26. The van der Waals surface area contributed by atoms with Crippen molar-refractivity contribution >= 4 is 13.7 Å². The fourth-order valence-corrected chi connectivity index (χ4v) is 8.78. The van der Waals surface area contributed by atoms with Crippen molar-refractivity contribution < 1.29 is 32.9 Å². The summed E-state index contributed by atoms with van der Waals surface area (Å²) in [5.74, 6) is -0.143. The van der Waals surface area contributed by atoms with Gasteiger partial charge >= 0.3 is 7.82 Å². The number of rotatable bonds is 49. The molecule has 3 unspecified atom stereocenters. The predicted molar refractivity (Wildman–Crippen MR) is 263 cm³/mol. The highest BCUT2D eigenvalue weighted by Crippen LogP contribution is 2.43. The number of nitrogens with one attached hydrogen (secondary N) is 1. The molecule has 61 heavy (non-hydrogen) atoms. The molecule has 1 amide bonds. The smallest absolute Gasteiger partial charge is 0.391 e. The van der Waals surface area contributed by atoms with Gasteiger partial charge in [-0.2, -0.15) is 0 Å². The third-order valence-corrected chi connectivity index (χ3v) is 13.2. The van der Waals surface area contributed by atoms with Crippen molar-refractivity contribution in [2.45, 2.75) is 276 Å². The highest BCUT2D eigenvalue weighted by atomic mass is 31.2. The Bertz CT molecular complexity index is 1000. The number of nitrogens with zero attached hydrogens (tertiary/aromatic N) is 1. The minimum atomic E-state index is -4.30. The Balaban J connectivity index is 3.88. The molecular formula is C52H106N2O6P+. The van der Waals surface area contributed by atoms with Gasteiger partial charge in [-0.05, 0) is 38.5 Å². The van der Waals surface area contributed by atoms with Gasteiger partial charge in [-0.3, -0.25) is 13.8 Å². The Kier molecular flexibility index (Phi) is 43.9. The molecule has 3 atom stereocenters. The molecule has 0 spiro atoms. The zero-order chi connectivity index (χ0) is 45.0. The molecule has 0 aliphatic heterocycles. The van der Waals surface area contributed by atoms with E-state index >= 15 is 0 Å². The molecule has 9 heteroatoms. The van der Waals surface area contributed by atoms with Crippen molar-refractivity contribution in [3.8, 4) is 0 Å². The van der Waals surface area contributed by atoms with Crippen molar-refractivity contribution in [3.63, 3.8) is 0 Å². The fourth-order valence-electron chi connectivity index (χ4n) is 8.04. The van der Waals surface area contributed by atoms with Gasteiger partial charge in [0.05, 0.1) is 39.9 Å². The number of unbranched alkanes of at least 4 members (excludes halogenated alkanes) is 34. The van der Waals surface area contributed by atoms with Crippen molar-refractivity contribution in [1.29, 1.82) is 0 Å². The van der Waals surface area contributed by atoms with Gasteiger partial charge in [0.25, 0.3) is 0 Å². The van der Waals surface area contributed by atoms with E-state index in [1.807, 2.05) is 21.1 Å². The Morgan fingerprint density at radius 2 is 0.885 bits per heavy atom. The van der Waals surface area contributed by atoms with Crippen LogP contribution in [0.4, 0.5) is 0 Å². The molecule has 0 saturated heterocycles. The van der Waals surface area contributed by atoms with Crippen LogP contribution >= 0.6 is 7.82 Å². The number of phosphoric acid groups is 1. The SMILES string of the molecule is CCCCCCCCCC/C=C\CCCCCCCCCCCCCCCCCCCCCC(=O)NC(COP(=O)(O)OCC[N+](C)(C)C)C(O)CCCCCCCCCC. The van der Waals surface area contributed by atoms with Crippen LogP contribution in [0.3, 0.4) is 0 Å². The van der Waals surface area contributed by atoms with E-state index in [-0.39, 0.29) is 19.1 Å². The summed E-state index contributed by atoms with van der Waals surface area (Å²) in [5.41, 5.74) is 0. The quantitative estimate of drug-likeness (QED) is 0.0243. The second-order valence-corrected chi connectivity index (χ2v) is 21.1. The van der Waals surface area contributed by atoms with Crippen LogP contribution in [0.25, 0.3) is 0 Å². The summed E-state index contributed by atoms with van der Waals surface area (Å²) in [4.78, 5) is 23.1. The van der Waals surface area contributed by atoms with E-state index in [0.717, 1.165) is 38.5 Å². The van der Waals surface area contributed by atoms with E-state index in [0.29, 0.717) is 23.9 Å². The summed E-state index contributed by atoms with van der Waals surface area (Å²) in [6.07, 6.45) is 52.9. The van der Waals surface area contributed by atoms with Crippen LogP contribution in [0.15, 0.2) is 12.2 Å². The zero-order valence-corrected chi connectivity index (χ0v) is 42.3. The third-order valence-electron chi connectivity index (χ3n) is 12.3. The largest absolute Gasteiger partial charge is 0.472 e. The average Bonchev–Trinajstić information content (AvgIpc) is 3.21.